The molecule has 1 aliphatic heterocycles. The third-order valence-corrected chi connectivity index (χ3v) is 4.66. The zero-order valence-electron chi connectivity index (χ0n) is 14.8. The summed E-state index contributed by atoms with van der Waals surface area (Å²) in [5.41, 5.74) is 3.84. The summed E-state index contributed by atoms with van der Waals surface area (Å²) in [6, 6.07) is 16.0. The molecule has 27 heavy (non-hydrogen) atoms. The van der Waals surface area contributed by atoms with Gasteiger partial charge in [0, 0.05) is 30.1 Å². The molecule has 1 aliphatic rings. The quantitative estimate of drug-likeness (QED) is 0.711. The molecule has 2 aromatic carbocycles. The summed E-state index contributed by atoms with van der Waals surface area (Å²) in [6.45, 7) is 1.47. The summed E-state index contributed by atoms with van der Waals surface area (Å²) >= 11 is 0. The molecule has 5 heteroatoms. The Kier molecular flexibility index (Phi) is 4.83. The van der Waals surface area contributed by atoms with Crippen molar-refractivity contribution in [1.29, 1.82) is 0 Å². The predicted molar refractivity (Wildman–Crippen MR) is 101 cm³/mol. The van der Waals surface area contributed by atoms with Crippen molar-refractivity contribution in [2.24, 2.45) is 0 Å². The van der Waals surface area contributed by atoms with Gasteiger partial charge in [-0.1, -0.05) is 24.3 Å². The highest BCUT2D eigenvalue weighted by Crippen LogP contribution is 2.29. The Labute approximate surface area is 157 Å². The van der Waals surface area contributed by atoms with Gasteiger partial charge in [0.2, 0.25) is 5.91 Å². The van der Waals surface area contributed by atoms with Gasteiger partial charge in [-0.15, -0.1) is 0 Å². The molecule has 0 unspecified atom stereocenters. The fraction of sp³-hybridized carbons (Fsp3) is 0.182. The van der Waals surface area contributed by atoms with E-state index in [1.165, 1.54) is 12.1 Å². The molecule has 0 aliphatic carbocycles. The molecule has 1 aromatic heterocycles. The van der Waals surface area contributed by atoms with Crippen LogP contribution in [-0.2, 0) is 17.8 Å². The van der Waals surface area contributed by atoms with E-state index >= 15 is 0 Å². The van der Waals surface area contributed by atoms with Crippen LogP contribution < -0.4 is 4.74 Å². The number of halogens is 1. The first-order valence-corrected chi connectivity index (χ1v) is 8.87. The molecular formula is C22H19FN2O2. The third-order valence-electron chi connectivity index (χ3n) is 4.66. The number of fused-ring (bicyclic) bond motifs is 1. The van der Waals surface area contributed by atoms with Gasteiger partial charge in [0.25, 0.3) is 0 Å². The average molecular weight is 362 g/mol. The molecule has 4 rings (SSSR count). The Morgan fingerprint density at radius 1 is 1.11 bits per heavy atom. The van der Waals surface area contributed by atoms with Crippen LogP contribution >= 0.6 is 0 Å². The Morgan fingerprint density at radius 2 is 1.96 bits per heavy atom. The van der Waals surface area contributed by atoms with Crippen LogP contribution in [0.4, 0.5) is 4.39 Å². The Balaban J connectivity index is 1.54. The summed E-state index contributed by atoms with van der Waals surface area (Å²) in [7, 11) is 0. The van der Waals surface area contributed by atoms with E-state index in [0.29, 0.717) is 19.7 Å². The number of hydrogen-bond acceptors (Lipinski definition) is 3. The van der Waals surface area contributed by atoms with Crippen LogP contribution in [-0.4, -0.2) is 28.9 Å². The molecule has 0 saturated carbocycles. The first kappa shape index (κ1) is 17.2. The summed E-state index contributed by atoms with van der Waals surface area (Å²) in [6.07, 6.45) is 3.81. The van der Waals surface area contributed by atoms with Crippen LogP contribution in [0.15, 0.2) is 67.0 Å². The fourth-order valence-corrected chi connectivity index (χ4v) is 3.21. The SMILES string of the molecule is O=C(Cc1ccc(F)cc1)N1CCOc2ccc(-c3cccnc3)cc2C1. The van der Waals surface area contributed by atoms with Crippen molar-refractivity contribution in [3.63, 3.8) is 0 Å². The van der Waals surface area contributed by atoms with E-state index in [1.807, 2.05) is 30.5 Å². The zero-order chi connectivity index (χ0) is 18.6. The first-order chi connectivity index (χ1) is 13.2. The van der Waals surface area contributed by atoms with Gasteiger partial charge in [-0.3, -0.25) is 9.78 Å². The van der Waals surface area contributed by atoms with E-state index in [1.54, 1.807) is 23.2 Å². The number of benzene rings is 2. The predicted octanol–water partition coefficient (Wildman–Crippen LogP) is 3.85. The molecule has 3 aromatic rings. The van der Waals surface area contributed by atoms with E-state index in [9.17, 15) is 9.18 Å². The van der Waals surface area contributed by atoms with E-state index in [-0.39, 0.29) is 18.1 Å². The van der Waals surface area contributed by atoms with Crippen LogP contribution in [0, 0.1) is 5.82 Å². The standard InChI is InChI=1S/C22H19FN2O2/c23-20-6-3-16(4-7-20)12-22(26)25-10-11-27-21-8-5-17(13-19(21)15-25)18-2-1-9-24-14-18/h1-9,13-14H,10-12,15H2. The first-order valence-electron chi connectivity index (χ1n) is 8.87. The summed E-state index contributed by atoms with van der Waals surface area (Å²) in [5, 5.41) is 0. The lowest BCUT2D eigenvalue weighted by atomic mass is 10.0. The van der Waals surface area contributed by atoms with E-state index in [0.717, 1.165) is 28.0 Å². The van der Waals surface area contributed by atoms with Crippen molar-refractivity contribution in [3.05, 3.63) is 83.9 Å². The minimum absolute atomic E-state index is 0.00448. The van der Waals surface area contributed by atoms with Gasteiger partial charge >= 0.3 is 0 Å². The van der Waals surface area contributed by atoms with E-state index in [4.69, 9.17) is 4.74 Å². The number of pyridine rings is 1. The molecule has 2 heterocycles. The monoisotopic (exact) mass is 362 g/mol. The summed E-state index contributed by atoms with van der Waals surface area (Å²) in [4.78, 5) is 18.7. The lowest BCUT2D eigenvalue weighted by molar-refractivity contribution is -0.131. The number of amides is 1. The third kappa shape index (κ3) is 3.97. The molecule has 0 spiro atoms. The minimum Gasteiger partial charge on any atom is -0.491 e. The van der Waals surface area contributed by atoms with Crippen LogP contribution in [0.25, 0.3) is 11.1 Å². The van der Waals surface area contributed by atoms with Crippen LogP contribution in [0.3, 0.4) is 0 Å². The van der Waals surface area contributed by atoms with Crippen molar-refractivity contribution in [2.45, 2.75) is 13.0 Å². The van der Waals surface area contributed by atoms with Crippen molar-refractivity contribution < 1.29 is 13.9 Å². The Bertz CT molecular complexity index is 942. The number of aromatic nitrogens is 1. The zero-order valence-corrected chi connectivity index (χ0v) is 14.8. The lowest BCUT2D eigenvalue weighted by Gasteiger charge is -2.20. The van der Waals surface area contributed by atoms with E-state index < -0.39 is 0 Å². The van der Waals surface area contributed by atoms with Crippen LogP contribution in [0.5, 0.6) is 5.75 Å². The van der Waals surface area contributed by atoms with E-state index in [2.05, 4.69) is 11.1 Å². The number of carbonyl (C=O) groups is 1. The Morgan fingerprint density at radius 3 is 2.74 bits per heavy atom. The maximum Gasteiger partial charge on any atom is 0.227 e. The van der Waals surface area contributed by atoms with Gasteiger partial charge < -0.3 is 9.64 Å². The molecule has 0 saturated heterocycles. The highest BCUT2D eigenvalue weighted by Gasteiger charge is 2.20. The number of nitrogens with zero attached hydrogens (tertiary/aromatic N) is 2. The molecule has 0 bridgehead atoms. The fourth-order valence-electron chi connectivity index (χ4n) is 3.21. The van der Waals surface area contributed by atoms with Gasteiger partial charge in [0.05, 0.1) is 13.0 Å². The van der Waals surface area contributed by atoms with Crippen molar-refractivity contribution in [3.8, 4) is 16.9 Å². The van der Waals surface area contributed by atoms with Crippen LogP contribution in [0.1, 0.15) is 11.1 Å². The van der Waals surface area contributed by atoms with Gasteiger partial charge in [-0.25, -0.2) is 4.39 Å². The van der Waals surface area contributed by atoms with Gasteiger partial charge in [0.1, 0.15) is 18.2 Å². The number of rotatable bonds is 3. The van der Waals surface area contributed by atoms with Gasteiger partial charge in [-0.05, 0) is 41.5 Å². The van der Waals surface area contributed by atoms with Crippen molar-refractivity contribution in [2.75, 3.05) is 13.2 Å². The second-order valence-electron chi connectivity index (χ2n) is 6.53. The largest absolute Gasteiger partial charge is 0.491 e. The molecule has 136 valence electrons. The summed E-state index contributed by atoms with van der Waals surface area (Å²) in [5.74, 6) is 0.510. The molecule has 0 radical (unpaired) electrons. The van der Waals surface area contributed by atoms with Gasteiger partial charge in [0.15, 0.2) is 0 Å². The number of hydrogen-bond donors (Lipinski definition) is 0. The second kappa shape index (κ2) is 7.58. The topological polar surface area (TPSA) is 42.4 Å². The molecule has 0 fully saturated rings. The number of carbonyl (C=O) groups excluding carboxylic acids is 1. The minimum atomic E-state index is -0.300. The lowest BCUT2D eigenvalue weighted by Crippen LogP contribution is -2.33. The normalized spacial score (nSPS) is 13.4. The Hall–Kier alpha value is -3.21. The highest BCUT2D eigenvalue weighted by molar-refractivity contribution is 5.79. The summed E-state index contributed by atoms with van der Waals surface area (Å²) < 4.78 is 18.9. The van der Waals surface area contributed by atoms with Gasteiger partial charge in [-0.2, -0.15) is 0 Å². The average Bonchev–Trinajstić information content (AvgIpc) is 2.92. The van der Waals surface area contributed by atoms with Crippen molar-refractivity contribution >= 4 is 5.91 Å². The molecular weight excluding hydrogens is 343 g/mol. The maximum atomic E-state index is 13.1. The molecule has 0 atom stereocenters. The second-order valence-corrected chi connectivity index (χ2v) is 6.53. The van der Waals surface area contributed by atoms with Crippen LogP contribution in [0.2, 0.25) is 0 Å². The smallest absolute Gasteiger partial charge is 0.227 e. The highest BCUT2D eigenvalue weighted by atomic mass is 19.1. The van der Waals surface area contributed by atoms with Crippen molar-refractivity contribution in [1.82, 2.24) is 9.88 Å². The molecule has 1 amide bonds. The molecule has 4 nitrogen and oxygen atoms in total. The number of ether oxygens (including phenoxy) is 1. The maximum absolute atomic E-state index is 13.1. The molecule has 0 N–H and O–H groups in total.